The summed E-state index contributed by atoms with van der Waals surface area (Å²) < 4.78 is 50.9. The van der Waals surface area contributed by atoms with Crippen molar-refractivity contribution in [3.05, 3.63) is 51.0 Å². The maximum absolute atomic E-state index is 13.6. The number of halogens is 4. The second-order valence-corrected chi connectivity index (χ2v) is 5.54. The SMILES string of the molecule is O=C(Nc1nnc(C(F)(F)F)s1)c1c[nH]c2c(F)cccc2c1=O. The van der Waals surface area contributed by atoms with Gasteiger partial charge < -0.3 is 4.98 Å². The summed E-state index contributed by atoms with van der Waals surface area (Å²) >= 11 is 0.123. The van der Waals surface area contributed by atoms with Crippen LogP contribution in [-0.4, -0.2) is 21.1 Å². The maximum atomic E-state index is 13.6. The number of anilines is 1. The number of H-pyrrole nitrogens is 1. The van der Waals surface area contributed by atoms with Gasteiger partial charge in [-0.15, -0.1) is 10.2 Å². The van der Waals surface area contributed by atoms with Crippen LogP contribution in [0.2, 0.25) is 0 Å². The van der Waals surface area contributed by atoms with Crippen LogP contribution in [0.5, 0.6) is 0 Å². The highest BCUT2D eigenvalue weighted by molar-refractivity contribution is 7.15. The molecule has 124 valence electrons. The van der Waals surface area contributed by atoms with Gasteiger partial charge in [0.15, 0.2) is 0 Å². The number of hydrogen-bond acceptors (Lipinski definition) is 5. The Hall–Kier alpha value is -2.82. The number of carbonyl (C=O) groups is 1. The first-order chi connectivity index (χ1) is 11.3. The Balaban J connectivity index is 1.93. The third-order valence-corrected chi connectivity index (χ3v) is 3.88. The average molecular weight is 358 g/mol. The highest BCUT2D eigenvalue weighted by Gasteiger charge is 2.35. The first-order valence-corrected chi connectivity index (χ1v) is 7.11. The number of nitrogens with one attached hydrogen (secondary N) is 2. The van der Waals surface area contributed by atoms with E-state index in [2.05, 4.69) is 20.5 Å². The van der Waals surface area contributed by atoms with E-state index in [4.69, 9.17) is 0 Å². The van der Waals surface area contributed by atoms with E-state index in [-0.39, 0.29) is 22.2 Å². The first kappa shape index (κ1) is 16.1. The van der Waals surface area contributed by atoms with Crippen LogP contribution < -0.4 is 10.7 Å². The normalized spacial score (nSPS) is 11.7. The van der Waals surface area contributed by atoms with E-state index in [0.717, 1.165) is 12.3 Å². The molecule has 1 aromatic carbocycles. The van der Waals surface area contributed by atoms with Crippen LogP contribution in [0.4, 0.5) is 22.7 Å². The number of para-hydroxylation sites is 1. The number of benzene rings is 1. The summed E-state index contributed by atoms with van der Waals surface area (Å²) in [6, 6.07) is 3.76. The van der Waals surface area contributed by atoms with Crippen molar-refractivity contribution in [3.63, 3.8) is 0 Å². The van der Waals surface area contributed by atoms with Gasteiger partial charge in [0.2, 0.25) is 15.6 Å². The Morgan fingerprint density at radius 3 is 2.67 bits per heavy atom. The first-order valence-electron chi connectivity index (χ1n) is 6.29. The lowest BCUT2D eigenvalue weighted by Gasteiger charge is -2.03. The molecular weight excluding hydrogens is 352 g/mol. The van der Waals surface area contributed by atoms with Crippen molar-refractivity contribution in [2.24, 2.45) is 0 Å². The van der Waals surface area contributed by atoms with Crippen molar-refractivity contribution in [3.8, 4) is 0 Å². The van der Waals surface area contributed by atoms with Gasteiger partial charge in [0.1, 0.15) is 11.4 Å². The van der Waals surface area contributed by atoms with Crippen molar-refractivity contribution in [2.45, 2.75) is 6.18 Å². The molecule has 0 bridgehead atoms. The summed E-state index contributed by atoms with van der Waals surface area (Å²) in [6.07, 6.45) is -3.70. The summed E-state index contributed by atoms with van der Waals surface area (Å²) in [5.74, 6) is -1.65. The zero-order valence-corrected chi connectivity index (χ0v) is 12.3. The van der Waals surface area contributed by atoms with Crippen LogP contribution in [0, 0.1) is 5.82 Å². The standard InChI is InChI=1S/C13H6F4N4O2S/c14-7-3-1-2-5-8(7)18-4-6(9(5)22)10(23)19-12-21-20-11(24-12)13(15,16)17/h1-4H,(H,18,22)(H,19,21,23). The Bertz CT molecular complexity index is 996. The fraction of sp³-hybridized carbons (Fsp3) is 0.0769. The Morgan fingerprint density at radius 1 is 1.25 bits per heavy atom. The Kier molecular flexibility index (Phi) is 3.79. The fourth-order valence-corrected chi connectivity index (χ4v) is 2.54. The molecule has 3 rings (SSSR count). The number of aromatic nitrogens is 3. The number of hydrogen-bond donors (Lipinski definition) is 2. The number of nitrogens with zero attached hydrogens (tertiary/aromatic N) is 2. The second kappa shape index (κ2) is 5.67. The summed E-state index contributed by atoms with van der Waals surface area (Å²) in [6.45, 7) is 0. The zero-order valence-electron chi connectivity index (χ0n) is 11.4. The van der Waals surface area contributed by atoms with Gasteiger partial charge in [-0.1, -0.05) is 17.4 Å². The molecule has 0 aliphatic carbocycles. The predicted molar refractivity (Wildman–Crippen MR) is 77.4 cm³/mol. The van der Waals surface area contributed by atoms with E-state index in [9.17, 15) is 27.2 Å². The molecule has 0 radical (unpaired) electrons. The minimum absolute atomic E-state index is 0.0594. The number of rotatable bonds is 2. The zero-order chi connectivity index (χ0) is 17.5. The number of amides is 1. The molecule has 3 aromatic rings. The van der Waals surface area contributed by atoms with Gasteiger partial charge in [-0.05, 0) is 12.1 Å². The molecule has 0 saturated heterocycles. The number of fused-ring (bicyclic) bond motifs is 1. The van der Waals surface area contributed by atoms with E-state index in [0.29, 0.717) is 0 Å². The molecule has 2 aromatic heterocycles. The van der Waals surface area contributed by atoms with Crippen LogP contribution in [0.25, 0.3) is 10.9 Å². The number of alkyl halides is 3. The molecule has 1 amide bonds. The topological polar surface area (TPSA) is 87.7 Å². The summed E-state index contributed by atoms with van der Waals surface area (Å²) in [7, 11) is 0. The molecule has 2 N–H and O–H groups in total. The molecule has 24 heavy (non-hydrogen) atoms. The van der Waals surface area contributed by atoms with Gasteiger partial charge >= 0.3 is 6.18 Å². The smallest absolute Gasteiger partial charge is 0.358 e. The van der Waals surface area contributed by atoms with Crippen LogP contribution in [0.15, 0.2) is 29.2 Å². The van der Waals surface area contributed by atoms with Crippen LogP contribution in [0.1, 0.15) is 15.4 Å². The van der Waals surface area contributed by atoms with E-state index in [1.54, 1.807) is 0 Å². The monoisotopic (exact) mass is 358 g/mol. The minimum atomic E-state index is -4.68. The summed E-state index contributed by atoms with van der Waals surface area (Å²) in [4.78, 5) is 26.7. The van der Waals surface area contributed by atoms with Crippen LogP contribution in [0.3, 0.4) is 0 Å². The lowest BCUT2D eigenvalue weighted by Crippen LogP contribution is -2.22. The Morgan fingerprint density at radius 2 is 2.00 bits per heavy atom. The molecule has 6 nitrogen and oxygen atoms in total. The highest BCUT2D eigenvalue weighted by Crippen LogP contribution is 2.33. The van der Waals surface area contributed by atoms with Gasteiger partial charge in [-0.2, -0.15) is 13.2 Å². The molecule has 0 spiro atoms. The second-order valence-electron chi connectivity index (χ2n) is 4.56. The Labute approximate surface area is 134 Å². The van der Waals surface area contributed by atoms with Crippen LogP contribution >= 0.6 is 11.3 Å². The maximum Gasteiger partial charge on any atom is 0.445 e. The van der Waals surface area contributed by atoms with Crippen molar-refractivity contribution in [1.29, 1.82) is 0 Å². The molecule has 0 fully saturated rings. The molecule has 11 heteroatoms. The highest BCUT2D eigenvalue weighted by atomic mass is 32.1. The largest absolute Gasteiger partial charge is 0.445 e. The van der Waals surface area contributed by atoms with Gasteiger partial charge in [0.25, 0.3) is 5.91 Å². The minimum Gasteiger partial charge on any atom is -0.358 e. The van der Waals surface area contributed by atoms with E-state index in [1.165, 1.54) is 12.1 Å². The summed E-state index contributed by atoms with van der Waals surface area (Å²) in [5, 5.41) is 6.47. The predicted octanol–water partition coefficient (Wildman–Crippen LogP) is 2.79. The molecule has 0 saturated carbocycles. The quantitative estimate of drug-likeness (QED) is 0.690. The van der Waals surface area contributed by atoms with Crippen molar-refractivity contribution in [1.82, 2.24) is 15.2 Å². The summed E-state index contributed by atoms with van der Waals surface area (Å²) in [5.41, 5.74) is -1.23. The number of carbonyl (C=O) groups excluding carboxylic acids is 1. The lowest BCUT2D eigenvalue weighted by atomic mass is 10.1. The van der Waals surface area contributed by atoms with Gasteiger partial charge in [0, 0.05) is 11.6 Å². The van der Waals surface area contributed by atoms with E-state index < -0.39 is 39.0 Å². The van der Waals surface area contributed by atoms with Gasteiger partial charge in [0.05, 0.1) is 5.52 Å². The number of pyridine rings is 1. The molecule has 0 aliphatic heterocycles. The van der Waals surface area contributed by atoms with Crippen LogP contribution in [-0.2, 0) is 6.18 Å². The molecule has 0 unspecified atom stereocenters. The van der Waals surface area contributed by atoms with Gasteiger partial charge in [-0.3, -0.25) is 14.9 Å². The number of aromatic amines is 1. The van der Waals surface area contributed by atoms with Crippen molar-refractivity contribution >= 4 is 33.3 Å². The fourth-order valence-electron chi connectivity index (χ4n) is 1.94. The van der Waals surface area contributed by atoms with Gasteiger partial charge in [-0.25, -0.2) is 4.39 Å². The van der Waals surface area contributed by atoms with E-state index in [1.807, 2.05) is 0 Å². The van der Waals surface area contributed by atoms with Crippen molar-refractivity contribution < 1.29 is 22.4 Å². The molecule has 0 atom stereocenters. The average Bonchev–Trinajstić information content (AvgIpc) is 2.97. The lowest BCUT2D eigenvalue weighted by molar-refractivity contribution is -0.138. The third kappa shape index (κ3) is 2.85. The van der Waals surface area contributed by atoms with E-state index >= 15 is 0 Å². The molecule has 0 aliphatic rings. The molecular formula is C13H6F4N4O2S. The third-order valence-electron chi connectivity index (χ3n) is 3.00. The van der Waals surface area contributed by atoms with Crippen molar-refractivity contribution in [2.75, 3.05) is 5.32 Å². The molecule has 2 heterocycles.